The van der Waals surface area contributed by atoms with Gasteiger partial charge in [0.1, 0.15) is 22.5 Å². The zero-order valence-corrected chi connectivity index (χ0v) is 41.6. The average molecular weight is 981 g/mol. The number of carbonyl (C=O) groups excluding carboxylic acids is 8. The van der Waals surface area contributed by atoms with Gasteiger partial charge in [-0.15, -0.1) is 11.3 Å². The summed E-state index contributed by atoms with van der Waals surface area (Å²) in [6.07, 6.45) is 4.46. The zero-order valence-electron chi connectivity index (χ0n) is 40.7. The molecule has 7 atom stereocenters. The Kier molecular flexibility index (Phi) is 20.8. The van der Waals surface area contributed by atoms with Gasteiger partial charge in [-0.25, -0.2) is 4.98 Å². The molecule has 69 heavy (non-hydrogen) atoms. The van der Waals surface area contributed by atoms with Gasteiger partial charge in [0, 0.05) is 75.9 Å². The molecule has 0 spiro atoms. The minimum atomic E-state index is -1.09. The van der Waals surface area contributed by atoms with Crippen molar-refractivity contribution in [3.05, 3.63) is 52.0 Å². The molecule has 1 fully saturated rings. The smallest absolute Gasteiger partial charge is 0.306 e. The fourth-order valence-electron chi connectivity index (χ4n) is 8.31. The molecule has 2 aliphatic rings. The predicted octanol–water partition coefficient (Wildman–Crippen LogP) is 3.55. The molecule has 6 N–H and O–H groups in total. The molecule has 21 heteroatoms. The number of aromatic hydroxyl groups is 1. The molecule has 3 heterocycles. The van der Waals surface area contributed by atoms with Gasteiger partial charge in [-0.05, 0) is 68.8 Å². The highest BCUT2D eigenvalue weighted by molar-refractivity contribution is 7.09. The second kappa shape index (κ2) is 26.0. The molecule has 1 aromatic carbocycles. The molecule has 1 aromatic heterocycles. The normalized spacial score (nSPS) is 17.6. The number of anilines is 1. The lowest BCUT2D eigenvalue weighted by molar-refractivity contribution is -0.149. The van der Waals surface area contributed by atoms with Gasteiger partial charge in [0.25, 0.3) is 17.7 Å². The highest BCUT2D eigenvalue weighted by Crippen LogP contribution is 2.32. The van der Waals surface area contributed by atoms with Crippen molar-refractivity contribution in [2.45, 2.75) is 130 Å². The lowest BCUT2D eigenvalue weighted by Crippen LogP contribution is -2.58. The van der Waals surface area contributed by atoms with Crippen LogP contribution in [0.4, 0.5) is 5.69 Å². The Bertz CT molecular complexity index is 2210. The lowest BCUT2D eigenvalue weighted by atomic mass is 9.92. The number of imide groups is 1. The Labute approximate surface area is 407 Å². The SMILES string of the molecule is CC[C@H](C)[C@H](NC(=O)[C@H]1CCCCN1C)C(=O)N(C)[C@H](C[C@@H](OC(C)=O)c1nc(C(=O)N[C@@H](Cc2ccc(O)c(NC(=O)CCNC(=O)CCN3C(=O)C=CC3=O)c2)CC(C)C(=O)O)cs1)C(C)C. The van der Waals surface area contributed by atoms with Gasteiger partial charge < -0.3 is 41.1 Å². The predicted molar refractivity (Wildman–Crippen MR) is 256 cm³/mol. The Morgan fingerprint density at radius 1 is 0.971 bits per heavy atom. The standard InChI is InChI=1S/C48H68N8O12S/c1-9-28(4)43(53-45(64)35-12-10-11-20-54(35)7)47(65)55(8)36(27(2)3)25-38(68-30(6)57)46-52-34(26-69-46)44(63)50-32(22-29(5)48(66)67)23-31-13-14-37(58)33(24-31)51-40(60)17-19-49-39(59)18-21-56-41(61)15-16-42(56)62/h13-16,24,26-29,32,35-36,38,43,58H,9-12,17-23,25H2,1-8H3,(H,49,59)(H,50,63)(H,51,60)(H,53,64)(H,66,67)/t28-,29?,32+,35+,36+,38+,43-/m0/s1. The zero-order chi connectivity index (χ0) is 51.1. The number of piperidine rings is 1. The van der Waals surface area contributed by atoms with Crippen LogP contribution in [0.1, 0.15) is 120 Å². The fourth-order valence-corrected chi connectivity index (χ4v) is 9.15. The third-order valence-electron chi connectivity index (χ3n) is 12.6. The van der Waals surface area contributed by atoms with Crippen LogP contribution in [0.25, 0.3) is 0 Å². The number of esters is 1. The Hall–Kier alpha value is -6.22. The number of benzene rings is 1. The summed E-state index contributed by atoms with van der Waals surface area (Å²) in [5, 5.41) is 33.2. The van der Waals surface area contributed by atoms with Crippen LogP contribution in [0.5, 0.6) is 5.75 Å². The summed E-state index contributed by atoms with van der Waals surface area (Å²) in [5.74, 6) is -6.27. The van der Waals surface area contributed by atoms with Crippen LogP contribution in [-0.2, 0) is 49.5 Å². The number of thiazole rings is 1. The number of phenols is 1. The fraction of sp³-hybridized carbons (Fsp3) is 0.583. The monoisotopic (exact) mass is 980 g/mol. The number of carboxylic acid groups (broad SMARTS) is 1. The lowest BCUT2D eigenvalue weighted by Gasteiger charge is -2.38. The van der Waals surface area contributed by atoms with Crippen molar-refractivity contribution < 1.29 is 58.1 Å². The molecule has 4 rings (SSSR count). The summed E-state index contributed by atoms with van der Waals surface area (Å²) in [4.78, 5) is 124. The summed E-state index contributed by atoms with van der Waals surface area (Å²) in [6.45, 7) is 11.1. The molecule has 7 amide bonds. The number of hydrogen-bond donors (Lipinski definition) is 6. The third-order valence-corrected chi connectivity index (χ3v) is 13.5. The highest BCUT2D eigenvalue weighted by atomic mass is 32.1. The third kappa shape index (κ3) is 16.2. The number of hydrogen-bond acceptors (Lipinski definition) is 14. The number of aromatic nitrogens is 1. The van der Waals surface area contributed by atoms with E-state index in [4.69, 9.17) is 4.74 Å². The summed E-state index contributed by atoms with van der Waals surface area (Å²) >= 11 is 1.09. The maximum atomic E-state index is 14.3. The van der Waals surface area contributed by atoms with E-state index < -0.39 is 71.6 Å². The molecule has 1 saturated heterocycles. The van der Waals surface area contributed by atoms with Crippen molar-refractivity contribution in [2.75, 3.05) is 39.0 Å². The molecule has 1 unspecified atom stereocenters. The summed E-state index contributed by atoms with van der Waals surface area (Å²) in [7, 11) is 3.59. The van der Waals surface area contributed by atoms with E-state index in [1.54, 1.807) is 18.0 Å². The molecule has 0 saturated carbocycles. The number of likely N-dealkylation sites (tertiary alicyclic amines) is 1. The maximum Gasteiger partial charge on any atom is 0.306 e. The van der Waals surface area contributed by atoms with E-state index in [9.17, 15) is 53.4 Å². The minimum Gasteiger partial charge on any atom is -0.506 e. The number of phenolic OH excluding ortho intramolecular Hbond substituents is 1. The van der Waals surface area contributed by atoms with E-state index in [1.807, 2.05) is 39.6 Å². The van der Waals surface area contributed by atoms with Crippen molar-refractivity contribution in [3.8, 4) is 5.75 Å². The molecular weight excluding hydrogens is 913 g/mol. The van der Waals surface area contributed by atoms with Crippen molar-refractivity contribution in [2.24, 2.45) is 17.8 Å². The molecule has 20 nitrogen and oxygen atoms in total. The van der Waals surface area contributed by atoms with Crippen LogP contribution in [0.15, 0.2) is 35.7 Å². The van der Waals surface area contributed by atoms with Crippen molar-refractivity contribution in [1.82, 2.24) is 35.6 Å². The second-order valence-corrected chi connectivity index (χ2v) is 19.2. The van der Waals surface area contributed by atoms with Gasteiger partial charge in [-0.1, -0.05) is 53.5 Å². The van der Waals surface area contributed by atoms with E-state index in [0.717, 1.165) is 47.8 Å². The van der Waals surface area contributed by atoms with Gasteiger partial charge in [-0.3, -0.25) is 53.0 Å². The van der Waals surface area contributed by atoms with Crippen molar-refractivity contribution in [3.63, 3.8) is 0 Å². The number of nitrogens with zero attached hydrogens (tertiary/aromatic N) is 4. The molecule has 378 valence electrons. The topological polar surface area (TPSA) is 274 Å². The first kappa shape index (κ1) is 55.4. The first-order valence-corrected chi connectivity index (χ1v) is 24.3. The van der Waals surface area contributed by atoms with Gasteiger partial charge in [-0.2, -0.15) is 0 Å². The number of nitrogens with one attached hydrogen (secondary N) is 4. The molecule has 0 radical (unpaired) electrons. The maximum absolute atomic E-state index is 14.3. The van der Waals surface area contributed by atoms with Crippen LogP contribution in [0.2, 0.25) is 0 Å². The van der Waals surface area contributed by atoms with Crippen LogP contribution >= 0.6 is 11.3 Å². The number of carbonyl (C=O) groups is 9. The number of rotatable bonds is 25. The van der Waals surface area contributed by atoms with E-state index >= 15 is 0 Å². The van der Waals surface area contributed by atoms with E-state index in [2.05, 4.69) is 26.3 Å². The summed E-state index contributed by atoms with van der Waals surface area (Å²) < 4.78 is 5.78. The number of amides is 7. The van der Waals surface area contributed by atoms with E-state index in [0.29, 0.717) is 23.4 Å². The van der Waals surface area contributed by atoms with Crippen LogP contribution in [0.3, 0.4) is 0 Å². The molecule has 2 aliphatic heterocycles. The molecule has 0 bridgehead atoms. The molecule has 0 aliphatic carbocycles. The Morgan fingerprint density at radius 2 is 1.67 bits per heavy atom. The summed E-state index contributed by atoms with van der Waals surface area (Å²) in [5.41, 5.74) is 0.557. The summed E-state index contributed by atoms with van der Waals surface area (Å²) in [6, 6.07) is 2.02. The Morgan fingerprint density at radius 3 is 2.29 bits per heavy atom. The van der Waals surface area contributed by atoms with Crippen molar-refractivity contribution in [1.29, 1.82) is 0 Å². The molecular formula is C48H68N8O12S. The largest absolute Gasteiger partial charge is 0.506 e. The van der Waals surface area contributed by atoms with Crippen LogP contribution in [0, 0.1) is 17.8 Å². The molecule has 2 aromatic rings. The van der Waals surface area contributed by atoms with Gasteiger partial charge in [0.15, 0.2) is 6.10 Å². The second-order valence-electron chi connectivity index (χ2n) is 18.3. The number of ether oxygens (including phenoxy) is 1. The average Bonchev–Trinajstić information content (AvgIpc) is 3.92. The van der Waals surface area contributed by atoms with Gasteiger partial charge in [0.2, 0.25) is 23.6 Å². The number of aliphatic carboxylic acids is 1. The van der Waals surface area contributed by atoms with E-state index in [-0.39, 0.29) is 92.0 Å². The van der Waals surface area contributed by atoms with Crippen molar-refractivity contribution >= 4 is 70.3 Å². The first-order chi connectivity index (χ1) is 32.6. The van der Waals surface area contributed by atoms with Crippen LogP contribution < -0.4 is 21.3 Å². The highest BCUT2D eigenvalue weighted by Gasteiger charge is 2.37. The number of likely N-dealkylation sites (N-methyl/N-ethyl adjacent to an activating group) is 2. The quantitative estimate of drug-likeness (QED) is 0.0472. The van der Waals surface area contributed by atoms with E-state index in [1.165, 1.54) is 31.4 Å². The minimum absolute atomic E-state index is 0.00111. The first-order valence-electron chi connectivity index (χ1n) is 23.4. The van der Waals surface area contributed by atoms with Gasteiger partial charge >= 0.3 is 11.9 Å². The van der Waals surface area contributed by atoms with Crippen LogP contribution in [-0.4, -0.2) is 141 Å². The Balaban J connectivity index is 1.44. The number of carboxylic acids is 1. The van der Waals surface area contributed by atoms with Gasteiger partial charge in [0.05, 0.1) is 17.6 Å².